The van der Waals surface area contributed by atoms with Gasteiger partial charge in [-0.3, -0.25) is 4.79 Å². The summed E-state index contributed by atoms with van der Waals surface area (Å²) in [6, 6.07) is 1.77. The van der Waals surface area contributed by atoms with E-state index in [9.17, 15) is 9.59 Å². The molecule has 0 fully saturated rings. The lowest BCUT2D eigenvalue weighted by Gasteiger charge is -2.03. The van der Waals surface area contributed by atoms with E-state index >= 15 is 0 Å². The van der Waals surface area contributed by atoms with Crippen LogP contribution in [0.5, 0.6) is 0 Å². The average molecular weight is 272 g/mol. The first kappa shape index (κ1) is 14.6. The summed E-state index contributed by atoms with van der Waals surface area (Å²) in [4.78, 5) is 21.9. The molecule has 0 radical (unpaired) electrons. The molecule has 1 aromatic rings. The molecule has 0 aliphatic heterocycles. The van der Waals surface area contributed by atoms with Gasteiger partial charge in [0, 0.05) is 11.3 Å². The number of hydrogen-bond acceptors (Lipinski definition) is 5. The van der Waals surface area contributed by atoms with Gasteiger partial charge in [0.15, 0.2) is 0 Å². The van der Waals surface area contributed by atoms with Crippen LogP contribution in [0.2, 0.25) is 0 Å². The van der Waals surface area contributed by atoms with Gasteiger partial charge in [0.05, 0.1) is 18.8 Å². The van der Waals surface area contributed by atoms with Crippen molar-refractivity contribution in [1.29, 1.82) is 0 Å². The Hall–Kier alpha value is -1.43. The zero-order valence-corrected chi connectivity index (χ0v) is 11.4. The van der Waals surface area contributed by atoms with E-state index in [0.717, 1.165) is 5.56 Å². The molecule has 1 unspecified atom stereocenters. The maximum Gasteiger partial charge on any atom is 0.374 e. The van der Waals surface area contributed by atoms with Gasteiger partial charge in [0.1, 0.15) is 5.76 Å². The van der Waals surface area contributed by atoms with Gasteiger partial charge >= 0.3 is 11.9 Å². The number of rotatable bonds is 6. The Bertz CT molecular complexity index is 438. The number of hydrogen-bond donors (Lipinski definition) is 1. The third kappa shape index (κ3) is 3.80. The molecule has 0 saturated heterocycles. The van der Waals surface area contributed by atoms with Crippen LogP contribution in [0.3, 0.4) is 0 Å². The highest BCUT2D eigenvalue weighted by atomic mass is 32.2. The van der Waals surface area contributed by atoms with E-state index in [2.05, 4.69) is 4.74 Å². The van der Waals surface area contributed by atoms with Crippen molar-refractivity contribution >= 4 is 23.7 Å². The van der Waals surface area contributed by atoms with Gasteiger partial charge in [-0.25, -0.2) is 4.79 Å². The van der Waals surface area contributed by atoms with Crippen LogP contribution < -0.4 is 0 Å². The lowest BCUT2D eigenvalue weighted by molar-refractivity contribution is -0.140. The molecule has 0 aromatic carbocycles. The largest absolute Gasteiger partial charge is 0.481 e. The van der Waals surface area contributed by atoms with Crippen molar-refractivity contribution in [3.8, 4) is 0 Å². The Balaban J connectivity index is 2.54. The number of thioether (sulfide) groups is 1. The Labute approximate surface area is 109 Å². The normalized spacial score (nSPS) is 12.2. The van der Waals surface area contributed by atoms with Gasteiger partial charge in [-0.15, -0.1) is 0 Å². The zero-order chi connectivity index (χ0) is 13.7. The van der Waals surface area contributed by atoms with Gasteiger partial charge in [-0.05, 0) is 13.0 Å². The number of carboxylic acid groups (broad SMARTS) is 1. The van der Waals surface area contributed by atoms with Crippen LogP contribution in [0.25, 0.3) is 0 Å². The van der Waals surface area contributed by atoms with E-state index in [1.165, 1.54) is 18.9 Å². The van der Waals surface area contributed by atoms with Crippen molar-refractivity contribution in [3.63, 3.8) is 0 Å². The quantitative estimate of drug-likeness (QED) is 0.801. The van der Waals surface area contributed by atoms with Crippen LogP contribution in [0.1, 0.15) is 28.8 Å². The molecule has 5 nitrogen and oxygen atoms in total. The highest BCUT2D eigenvalue weighted by molar-refractivity contribution is 7.98. The molecule has 1 rings (SSSR count). The first-order chi connectivity index (χ1) is 8.45. The lowest BCUT2D eigenvalue weighted by atomic mass is 10.2. The number of aryl methyl sites for hydroxylation is 1. The van der Waals surface area contributed by atoms with Crippen molar-refractivity contribution in [1.82, 2.24) is 0 Å². The Morgan fingerprint density at radius 2 is 2.22 bits per heavy atom. The van der Waals surface area contributed by atoms with E-state index in [1.54, 1.807) is 19.9 Å². The summed E-state index contributed by atoms with van der Waals surface area (Å²) in [5, 5.41) is 8.73. The predicted octanol–water partition coefficient (Wildman–Crippen LogP) is 2.33. The maximum atomic E-state index is 11.3. The fraction of sp³-hybridized carbons (Fsp3) is 0.500. The third-order valence-corrected chi connectivity index (χ3v) is 3.60. The molecule has 6 heteroatoms. The zero-order valence-electron chi connectivity index (χ0n) is 10.6. The third-order valence-electron chi connectivity index (χ3n) is 2.37. The first-order valence-electron chi connectivity index (χ1n) is 5.44. The minimum Gasteiger partial charge on any atom is -0.481 e. The first-order valence-corrected chi connectivity index (χ1v) is 6.59. The number of aliphatic carboxylic acids is 1. The average Bonchev–Trinajstić information content (AvgIpc) is 2.69. The topological polar surface area (TPSA) is 76.7 Å². The summed E-state index contributed by atoms with van der Waals surface area (Å²) in [5.74, 6) is 0.190. The van der Waals surface area contributed by atoms with Crippen molar-refractivity contribution in [2.75, 3.05) is 12.9 Å². The molecule has 1 N–H and O–H groups in total. The molecule has 0 amide bonds. The van der Waals surface area contributed by atoms with Crippen molar-refractivity contribution in [2.45, 2.75) is 19.6 Å². The number of ether oxygens (including phenoxy) is 1. The number of furan rings is 1. The summed E-state index contributed by atoms with van der Waals surface area (Å²) in [5.41, 5.74) is 0.726. The molecule has 0 aliphatic carbocycles. The minimum atomic E-state index is -0.812. The second kappa shape index (κ2) is 6.49. The highest BCUT2D eigenvalue weighted by Gasteiger charge is 2.16. The minimum absolute atomic E-state index is 0.208. The molecule has 18 heavy (non-hydrogen) atoms. The van der Waals surface area contributed by atoms with Gasteiger partial charge < -0.3 is 14.3 Å². The lowest BCUT2D eigenvalue weighted by Crippen LogP contribution is -2.11. The number of carbonyl (C=O) groups excluding carboxylic acids is 1. The number of methoxy groups -OCH3 is 1. The van der Waals surface area contributed by atoms with Crippen LogP contribution in [0, 0.1) is 12.8 Å². The summed E-state index contributed by atoms with van der Waals surface area (Å²) in [7, 11) is 1.30. The predicted molar refractivity (Wildman–Crippen MR) is 67.7 cm³/mol. The Morgan fingerprint density at radius 3 is 2.78 bits per heavy atom. The van der Waals surface area contributed by atoms with E-state index in [0.29, 0.717) is 17.3 Å². The van der Waals surface area contributed by atoms with E-state index < -0.39 is 17.9 Å². The summed E-state index contributed by atoms with van der Waals surface area (Å²) >= 11 is 1.46. The molecular formula is C12H16O5S. The van der Waals surface area contributed by atoms with Crippen LogP contribution >= 0.6 is 11.8 Å². The molecule has 1 atom stereocenters. The van der Waals surface area contributed by atoms with E-state index in [-0.39, 0.29) is 5.76 Å². The summed E-state index contributed by atoms with van der Waals surface area (Å²) in [6.45, 7) is 3.42. The molecule has 1 heterocycles. The number of carboxylic acids is 1. The smallest absolute Gasteiger partial charge is 0.374 e. The molecule has 0 saturated carbocycles. The van der Waals surface area contributed by atoms with Crippen molar-refractivity contribution in [3.05, 3.63) is 23.2 Å². The SMILES string of the molecule is COC(=O)c1oc(CSCC(C)C(=O)O)cc1C. The standard InChI is InChI=1S/C12H16O5S/c1-7-4-9(17-10(7)12(15)16-3)6-18-5-8(2)11(13)14/h4,8H,5-6H2,1-3H3,(H,13,14). The Kier molecular flexibility index (Phi) is 5.27. The van der Waals surface area contributed by atoms with Gasteiger partial charge in [0.2, 0.25) is 5.76 Å². The second-order valence-electron chi connectivity index (χ2n) is 3.97. The van der Waals surface area contributed by atoms with Gasteiger partial charge in [-0.2, -0.15) is 11.8 Å². The monoisotopic (exact) mass is 272 g/mol. The molecule has 100 valence electrons. The van der Waals surface area contributed by atoms with Crippen molar-refractivity contribution < 1.29 is 23.8 Å². The fourth-order valence-corrected chi connectivity index (χ4v) is 2.28. The molecular weight excluding hydrogens is 256 g/mol. The van der Waals surface area contributed by atoms with Crippen LogP contribution in [0.15, 0.2) is 10.5 Å². The molecule has 0 bridgehead atoms. The maximum absolute atomic E-state index is 11.3. The van der Waals surface area contributed by atoms with Gasteiger partial charge in [-0.1, -0.05) is 6.92 Å². The van der Waals surface area contributed by atoms with E-state index in [1.807, 2.05) is 0 Å². The fourth-order valence-electron chi connectivity index (χ4n) is 1.32. The van der Waals surface area contributed by atoms with Crippen LogP contribution in [0.4, 0.5) is 0 Å². The number of esters is 1. The summed E-state index contributed by atoms with van der Waals surface area (Å²) < 4.78 is 9.95. The molecule has 0 spiro atoms. The number of carbonyl (C=O) groups is 2. The second-order valence-corrected chi connectivity index (χ2v) is 5.00. The van der Waals surface area contributed by atoms with Crippen LogP contribution in [-0.4, -0.2) is 29.9 Å². The summed E-state index contributed by atoms with van der Waals surface area (Å²) in [6.07, 6.45) is 0. The Morgan fingerprint density at radius 1 is 1.56 bits per heavy atom. The van der Waals surface area contributed by atoms with Crippen LogP contribution in [-0.2, 0) is 15.3 Å². The highest BCUT2D eigenvalue weighted by Crippen LogP contribution is 2.21. The van der Waals surface area contributed by atoms with Gasteiger partial charge in [0.25, 0.3) is 0 Å². The van der Waals surface area contributed by atoms with E-state index in [4.69, 9.17) is 9.52 Å². The van der Waals surface area contributed by atoms with Crippen molar-refractivity contribution in [2.24, 2.45) is 5.92 Å². The molecule has 0 aliphatic rings. The molecule has 1 aromatic heterocycles.